The normalized spacial score (nSPS) is 18.7. The van der Waals surface area contributed by atoms with Crippen molar-refractivity contribution in [2.45, 2.75) is 39.0 Å². The Labute approximate surface area is 206 Å². The van der Waals surface area contributed by atoms with Gasteiger partial charge in [-0.25, -0.2) is 4.79 Å². The molecule has 1 saturated carbocycles. The van der Waals surface area contributed by atoms with Crippen molar-refractivity contribution in [2.24, 2.45) is 17.8 Å². The maximum atomic E-state index is 13.1. The number of fused-ring (bicyclic) bond motifs is 3. The smallest absolute Gasteiger partial charge is 0.407 e. The highest BCUT2D eigenvalue weighted by Crippen LogP contribution is 2.44. The van der Waals surface area contributed by atoms with Crippen LogP contribution in [0, 0.1) is 17.8 Å². The van der Waals surface area contributed by atoms with E-state index in [-0.39, 0.29) is 42.7 Å². The van der Waals surface area contributed by atoms with Crippen LogP contribution in [0.25, 0.3) is 11.1 Å². The van der Waals surface area contributed by atoms with E-state index in [0.29, 0.717) is 19.5 Å². The Morgan fingerprint density at radius 2 is 1.66 bits per heavy atom. The Bertz CT molecular complexity index is 1040. The standard InChI is InChI=1S/C28H34N2O5/c1-18(2)15-30(16-26(31)32)27(33)20-13-7-8-19(20)14-29-28(34)35-17-25-23-11-5-3-9-21(23)22-10-4-6-12-24(22)25/h3-6,9-12,18-20,25H,7-8,13-17H2,1-2H3,(H,29,34)(H,31,32)/t19-,20-/m1/s1. The number of benzene rings is 2. The third kappa shape index (κ3) is 5.66. The molecule has 2 aliphatic rings. The van der Waals surface area contributed by atoms with Crippen molar-refractivity contribution in [3.63, 3.8) is 0 Å². The van der Waals surface area contributed by atoms with Crippen molar-refractivity contribution in [1.82, 2.24) is 10.2 Å². The highest BCUT2D eigenvalue weighted by molar-refractivity contribution is 5.83. The number of carboxylic acid groups (broad SMARTS) is 1. The van der Waals surface area contributed by atoms with E-state index in [1.807, 2.05) is 38.1 Å². The second kappa shape index (κ2) is 10.9. The molecule has 186 valence electrons. The fourth-order valence-electron chi connectivity index (χ4n) is 5.54. The molecular formula is C28H34N2O5. The summed E-state index contributed by atoms with van der Waals surface area (Å²) in [5.41, 5.74) is 4.67. The van der Waals surface area contributed by atoms with Crippen LogP contribution in [0.5, 0.6) is 0 Å². The number of carbonyl (C=O) groups is 3. The molecule has 7 heteroatoms. The zero-order valence-electron chi connectivity index (χ0n) is 20.4. The summed E-state index contributed by atoms with van der Waals surface area (Å²) in [6, 6.07) is 16.4. The Kier molecular flexibility index (Phi) is 7.73. The summed E-state index contributed by atoms with van der Waals surface area (Å²) in [4.78, 5) is 38.4. The minimum atomic E-state index is -1.01. The van der Waals surface area contributed by atoms with Gasteiger partial charge in [0, 0.05) is 24.9 Å². The minimum absolute atomic E-state index is 0.00503. The molecule has 0 spiro atoms. The van der Waals surface area contributed by atoms with Crippen LogP contribution in [0.3, 0.4) is 0 Å². The van der Waals surface area contributed by atoms with E-state index in [9.17, 15) is 19.5 Å². The minimum Gasteiger partial charge on any atom is -0.480 e. The maximum Gasteiger partial charge on any atom is 0.407 e. The van der Waals surface area contributed by atoms with E-state index in [1.54, 1.807) is 0 Å². The molecule has 2 amide bonds. The number of amides is 2. The van der Waals surface area contributed by atoms with E-state index >= 15 is 0 Å². The first-order chi connectivity index (χ1) is 16.8. The van der Waals surface area contributed by atoms with Gasteiger partial charge in [-0.05, 0) is 46.9 Å². The number of nitrogens with one attached hydrogen (secondary N) is 1. The van der Waals surface area contributed by atoms with Gasteiger partial charge in [0.05, 0.1) is 0 Å². The second-order valence-corrected chi connectivity index (χ2v) is 10.0. The van der Waals surface area contributed by atoms with E-state index in [2.05, 4.69) is 29.6 Å². The van der Waals surface area contributed by atoms with Crippen molar-refractivity contribution in [3.8, 4) is 11.1 Å². The van der Waals surface area contributed by atoms with Gasteiger partial charge in [-0.3, -0.25) is 9.59 Å². The summed E-state index contributed by atoms with van der Waals surface area (Å²) in [5, 5.41) is 12.1. The lowest BCUT2D eigenvalue weighted by Crippen LogP contribution is -2.44. The molecule has 4 rings (SSSR count). The number of ether oxygens (including phenoxy) is 1. The lowest BCUT2D eigenvalue weighted by atomic mass is 9.94. The first kappa shape index (κ1) is 24.8. The number of carboxylic acids is 1. The fraction of sp³-hybridized carbons (Fsp3) is 0.464. The summed E-state index contributed by atoms with van der Waals surface area (Å²) in [6.07, 6.45) is 1.93. The summed E-state index contributed by atoms with van der Waals surface area (Å²) < 4.78 is 5.62. The molecule has 35 heavy (non-hydrogen) atoms. The monoisotopic (exact) mass is 478 g/mol. The maximum absolute atomic E-state index is 13.1. The third-order valence-electron chi connectivity index (χ3n) is 7.05. The van der Waals surface area contributed by atoms with Gasteiger partial charge >= 0.3 is 12.1 Å². The van der Waals surface area contributed by atoms with Crippen molar-refractivity contribution < 1.29 is 24.2 Å². The molecule has 2 aromatic carbocycles. The molecule has 2 N–H and O–H groups in total. The zero-order valence-corrected chi connectivity index (χ0v) is 20.4. The Morgan fingerprint density at radius 1 is 1.03 bits per heavy atom. The van der Waals surface area contributed by atoms with E-state index in [4.69, 9.17) is 4.74 Å². The molecule has 0 aromatic heterocycles. The summed E-state index contributed by atoms with van der Waals surface area (Å²) >= 11 is 0. The average Bonchev–Trinajstić information content (AvgIpc) is 3.42. The van der Waals surface area contributed by atoms with Gasteiger partial charge in [0.15, 0.2) is 0 Å². The Morgan fingerprint density at radius 3 is 2.26 bits per heavy atom. The quantitative estimate of drug-likeness (QED) is 0.553. The van der Waals surface area contributed by atoms with Gasteiger partial charge in [0.25, 0.3) is 0 Å². The van der Waals surface area contributed by atoms with E-state index in [0.717, 1.165) is 24.0 Å². The summed E-state index contributed by atoms with van der Waals surface area (Å²) in [6.45, 7) is 4.64. The molecule has 7 nitrogen and oxygen atoms in total. The number of hydrogen-bond acceptors (Lipinski definition) is 4. The second-order valence-electron chi connectivity index (χ2n) is 10.0. The first-order valence-electron chi connectivity index (χ1n) is 12.4. The van der Waals surface area contributed by atoms with Gasteiger partial charge in [-0.1, -0.05) is 68.8 Å². The number of carbonyl (C=O) groups excluding carboxylic acids is 2. The van der Waals surface area contributed by atoms with Crippen LogP contribution in [0.15, 0.2) is 48.5 Å². The number of aliphatic carboxylic acids is 1. The van der Waals surface area contributed by atoms with E-state index < -0.39 is 12.1 Å². The number of rotatable bonds is 9. The van der Waals surface area contributed by atoms with Gasteiger partial charge in [-0.15, -0.1) is 0 Å². The molecule has 0 saturated heterocycles. The average molecular weight is 479 g/mol. The van der Waals surface area contributed by atoms with Crippen LogP contribution in [-0.2, 0) is 14.3 Å². The number of alkyl carbamates (subject to hydrolysis) is 1. The van der Waals surface area contributed by atoms with Crippen LogP contribution in [-0.4, -0.2) is 54.2 Å². The van der Waals surface area contributed by atoms with Crippen molar-refractivity contribution in [3.05, 3.63) is 59.7 Å². The number of hydrogen-bond donors (Lipinski definition) is 2. The molecule has 0 radical (unpaired) electrons. The zero-order chi connectivity index (χ0) is 24.9. The molecule has 0 heterocycles. The molecule has 2 aromatic rings. The highest BCUT2D eigenvalue weighted by Gasteiger charge is 2.36. The molecule has 2 aliphatic carbocycles. The summed E-state index contributed by atoms with van der Waals surface area (Å²) in [7, 11) is 0. The Balaban J connectivity index is 1.33. The van der Waals surface area contributed by atoms with Crippen molar-refractivity contribution in [1.29, 1.82) is 0 Å². The molecule has 0 aliphatic heterocycles. The fourth-order valence-corrected chi connectivity index (χ4v) is 5.54. The van der Waals surface area contributed by atoms with Gasteiger partial charge in [0.1, 0.15) is 13.2 Å². The largest absolute Gasteiger partial charge is 0.480 e. The first-order valence-corrected chi connectivity index (χ1v) is 12.4. The lowest BCUT2D eigenvalue weighted by Gasteiger charge is -2.28. The van der Waals surface area contributed by atoms with Crippen molar-refractivity contribution >= 4 is 18.0 Å². The van der Waals surface area contributed by atoms with Crippen molar-refractivity contribution in [2.75, 3.05) is 26.2 Å². The third-order valence-corrected chi connectivity index (χ3v) is 7.05. The van der Waals surface area contributed by atoms with Gasteiger partial charge in [-0.2, -0.15) is 0 Å². The predicted octanol–water partition coefficient (Wildman–Crippen LogP) is 4.51. The van der Waals surface area contributed by atoms with E-state index in [1.165, 1.54) is 16.0 Å². The summed E-state index contributed by atoms with van der Waals surface area (Å²) in [5.74, 6) is -1.26. The molecule has 2 atom stereocenters. The molecule has 1 fully saturated rings. The van der Waals surface area contributed by atoms with Gasteiger partial charge < -0.3 is 20.1 Å². The Hall–Kier alpha value is -3.35. The molecule has 0 bridgehead atoms. The lowest BCUT2D eigenvalue weighted by molar-refractivity contribution is -0.147. The molecular weight excluding hydrogens is 444 g/mol. The van der Waals surface area contributed by atoms with Crippen LogP contribution in [0.4, 0.5) is 4.79 Å². The van der Waals surface area contributed by atoms with Crippen LogP contribution < -0.4 is 5.32 Å². The number of nitrogens with zero attached hydrogens (tertiary/aromatic N) is 1. The van der Waals surface area contributed by atoms with Crippen LogP contribution in [0.2, 0.25) is 0 Å². The van der Waals surface area contributed by atoms with Gasteiger partial charge in [0.2, 0.25) is 5.91 Å². The van der Waals surface area contributed by atoms with Crippen LogP contribution >= 0.6 is 0 Å². The topological polar surface area (TPSA) is 95.9 Å². The van der Waals surface area contributed by atoms with Crippen LogP contribution in [0.1, 0.15) is 50.2 Å². The molecule has 0 unspecified atom stereocenters. The highest BCUT2D eigenvalue weighted by atomic mass is 16.5. The SMILES string of the molecule is CC(C)CN(CC(=O)O)C(=O)[C@@H]1CCC[C@@H]1CNC(=O)OCC1c2ccccc2-c2ccccc21. The predicted molar refractivity (Wildman–Crippen MR) is 133 cm³/mol.